The van der Waals surface area contributed by atoms with Crippen molar-refractivity contribution in [1.29, 1.82) is 0 Å². The molecule has 0 unspecified atom stereocenters. The summed E-state index contributed by atoms with van der Waals surface area (Å²) in [7, 11) is 0. The molecule has 6 heteroatoms. The maximum Gasteiger partial charge on any atom is 0.0752 e. The average Bonchev–Trinajstić information content (AvgIpc) is 2.32. The summed E-state index contributed by atoms with van der Waals surface area (Å²) >= 11 is 0. The summed E-state index contributed by atoms with van der Waals surface area (Å²) in [5.41, 5.74) is 16.1. The standard InChI is InChI=1S/C10H26N6/c11-3-1-5-13-15-7-9-16(10-8-15)14-6-2-4-12/h13-14H,1-12H2/p+1. The van der Waals surface area contributed by atoms with E-state index >= 15 is 0 Å². The Morgan fingerprint density at radius 2 is 1.44 bits per heavy atom. The van der Waals surface area contributed by atoms with E-state index in [9.17, 15) is 0 Å². The zero-order valence-electron chi connectivity index (χ0n) is 10.2. The van der Waals surface area contributed by atoms with E-state index in [1.807, 2.05) is 0 Å². The first kappa shape index (κ1) is 13.8. The third kappa shape index (κ3) is 5.74. The van der Waals surface area contributed by atoms with Crippen molar-refractivity contribution >= 4 is 0 Å². The summed E-state index contributed by atoms with van der Waals surface area (Å²) in [5, 5.41) is 4.59. The van der Waals surface area contributed by atoms with Crippen LogP contribution in [0, 0.1) is 0 Å². The van der Waals surface area contributed by atoms with Crippen LogP contribution >= 0.6 is 0 Å². The summed E-state index contributed by atoms with van der Waals surface area (Å²) in [6.45, 7) is 8.10. The molecule has 0 aromatic rings. The molecule has 0 spiro atoms. The molecule has 1 rings (SSSR count). The van der Waals surface area contributed by atoms with Gasteiger partial charge in [-0.15, -0.1) is 0 Å². The number of nitrogens with zero attached hydrogens (tertiary/aromatic N) is 2. The number of quaternary nitrogens is 1. The van der Waals surface area contributed by atoms with Crippen LogP contribution in [0.3, 0.4) is 0 Å². The molecule has 0 saturated carbocycles. The number of hydrogen-bond donors (Lipinski definition) is 4. The largest absolute Gasteiger partial charge is 0.358 e. The maximum atomic E-state index is 5.45. The summed E-state index contributed by atoms with van der Waals surface area (Å²) in [4.78, 5) is 0. The lowest BCUT2D eigenvalue weighted by Gasteiger charge is -2.35. The van der Waals surface area contributed by atoms with Crippen LogP contribution in [0.25, 0.3) is 0 Å². The van der Waals surface area contributed by atoms with Crippen LogP contribution in [-0.2, 0) is 0 Å². The number of rotatable bonds is 8. The number of nitrogens with one attached hydrogen (secondary N) is 2. The van der Waals surface area contributed by atoms with E-state index in [-0.39, 0.29) is 0 Å². The minimum atomic E-state index is 0.763. The molecule has 0 radical (unpaired) electrons. The molecular weight excluding hydrogens is 204 g/mol. The fourth-order valence-electron chi connectivity index (χ4n) is 1.72. The molecule has 0 aromatic heterocycles. The predicted molar refractivity (Wildman–Crippen MR) is 65.2 cm³/mol. The summed E-state index contributed by atoms with van der Waals surface area (Å²) in [6, 6.07) is 0. The minimum absolute atomic E-state index is 0.763. The molecule has 0 aromatic carbocycles. The Morgan fingerprint density at radius 1 is 0.938 bits per heavy atom. The predicted octanol–water partition coefficient (Wildman–Crippen LogP) is -2.41. The molecule has 7 N–H and O–H groups in total. The van der Waals surface area contributed by atoms with E-state index in [2.05, 4.69) is 26.6 Å². The molecule has 6 nitrogen and oxygen atoms in total. The van der Waals surface area contributed by atoms with Gasteiger partial charge in [0, 0.05) is 45.7 Å². The van der Waals surface area contributed by atoms with E-state index < -0.39 is 0 Å². The third-order valence-electron chi connectivity index (χ3n) is 2.76. The Kier molecular flexibility index (Phi) is 7.65. The molecule has 1 fully saturated rings. The lowest BCUT2D eigenvalue weighted by atomic mass is 10.4. The highest BCUT2D eigenvalue weighted by Crippen LogP contribution is 1.95. The molecule has 1 saturated heterocycles. The topological polar surface area (TPSA) is 84.2 Å². The molecule has 0 amide bonds. The van der Waals surface area contributed by atoms with Gasteiger partial charge in [0.1, 0.15) is 0 Å². The second kappa shape index (κ2) is 8.86. The van der Waals surface area contributed by atoms with Gasteiger partial charge in [0.2, 0.25) is 0 Å². The van der Waals surface area contributed by atoms with Crippen molar-refractivity contribution in [2.45, 2.75) is 12.8 Å². The summed E-state index contributed by atoms with van der Waals surface area (Å²) < 4.78 is 0. The van der Waals surface area contributed by atoms with Crippen molar-refractivity contribution in [1.82, 2.24) is 20.9 Å². The van der Waals surface area contributed by atoms with E-state index in [1.165, 1.54) is 0 Å². The zero-order valence-corrected chi connectivity index (χ0v) is 10.2. The molecule has 0 aliphatic carbocycles. The van der Waals surface area contributed by atoms with Crippen LogP contribution in [0.5, 0.6) is 0 Å². The highest BCUT2D eigenvalue weighted by molar-refractivity contribution is 4.66. The van der Waals surface area contributed by atoms with Gasteiger partial charge in [-0.25, -0.2) is 10.0 Å². The SMILES string of the molecule is NCCCNN1CCN(NCCC[NH3+])CC1. The van der Waals surface area contributed by atoms with Gasteiger partial charge >= 0.3 is 0 Å². The van der Waals surface area contributed by atoms with Gasteiger partial charge in [0.25, 0.3) is 0 Å². The van der Waals surface area contributed by atoms with Crippen LogP contribution in [-0.4, -0.2) is 62.4 Å². The van der Waals surface area contributed by atoms with Crippen molar-refractivity contribution in [3.63, 3.8) is 0 Å². The minimum Gasteiger partial charge on any atom is -0.358 e. The highest BCUT2D eigenvalue weighted by atomic mass is 15.6. The van der Waals surface area contributed by atoms with Gasteiger partial charge in [-0.05, 0) is 13.0 Å². The van der Waals surface area contributed by atoms with Crippen LogP contribution in [0.4, 0.5) is 0 Å². The first-order valence-corrected chi connectivity index (χ1v) is 6.33. The zero-order chi connectivity index (χ0) is 11.6. The quantitative estimate of drug-likeness (QED) is 0.350. The first-order valence-electron chi connectivity index (χ1n) is 6.33. The normalized spacial score (nSPS) is 19.1. The number of piperazine rings is 1. The number of hydrazine groups is 2. The van der Waals surface area contributed by atoms with Crippen molar-refractivity contribution in [2.75, 3.05) is 52.4 Å². The first-order chi connectivity index (χ1) is 7.86. The Morgan fingerprint density at radius 3 is 1.88 bits per heavy atom. The van der Waals surface area contributed by atoms with Crippen LogP contribution < -0.4 is 22.3 Å². The molecule has 0 atom stereocenters. The van der Waals surface area contributed by atoms with E-state index in [0.29, 0.717) is 0 Å². The van der Waals surface area contributed by atoms with Crippen molar-refractivity contribution in [3.8, 4) is 0 Å². The van der Waals surface area contributed by atoms with Gasteiger partial charge in [-0.1, -0.05) is 0 Å². The Bertz CT molecular complexity index is 139. The fraction of sp³-hybridized carbons (Fsp3) is 1.00. The Balaban J connectivity index is 2.00. The van der Waals surface area contributed by atoms with Gasteiger partial charge < -0.3 is 11.5 Å². The summed E-state index contributed by atoms with van der Waals surface area (Å²) in [5.74, 6) is 0. The smallest absolute Gasteiger partial charge is 0.0752 e. The highest BCUT2D eigenvalue weighted by Gasteiger charge is 2.15. The molecule has 16 heavy (non-hydrogen) atoms. The van der Waals surface area contributed by atoms with Gasteiger partial charge in [-0.3, -0.25) is 10.9 Å². The Hall–Kier alpha value is -0.240. The summed E-state index contributed by atoms with van der Waals surface area (Å²) in [6.07, 6.45) is 2.19. The third-order valence-corrected chi connectivity index (χ3v) is 2.76. The lowest BCUT2D eigenvalue weighted by Crippen LogP contribution is -2.57. The van der Waals surface area contributed by atoms with Crippen LogP contribution in [0.2, 0.25) is 0 Å². The number of hydrogen-bond acceptors (Lipinski definition) is 5. The second-order valence-corrected chi connectivity index (χ2v) is 4.14. The molecule has 0 bridgehead atoms. The van der Waals surface area contributed by atoms with Gasteiger partial charge in [-0.2, -0.15) is 0 Å². The fourth-order valence-corrected chi connectivity index (χ4v) is 1.72. The monoisotopic (exact) mass is 231 g/mol. The van der Waals surface area contributed by atoms with Crippen LogP contribution in [0.15, 0.2) is 0 Å². The maximum absolute atomic E-state index is 5.45. The average molecular weight is 231 g/mol. The van der Waals surface area contributed by atoms with E-state index in [0.717, 1.165) is 65.2 Å². The van der Waals surface area contributed by atoms with Crippen molar-refractivity contribution in [2.24, 2.45) is 5.73 Å². The Labute approximate surface area is 98.3 Å². The number of nitrogens with two attached hydrogens (primary N) is 1. The second-order valence-electron chi connectivity index (χ2n) is 4.14. The van der Waals surface area contributed by atoms with Crippen LogP contribution in [0.1, 0.15) is 12.8 Å². The molecular formula is C10H27N6+. The molecule has 96 valence electrons. The van der Waals surface area contributed by atoms with E-state index in [4.69, 9.17) is 5.73 Å². The molecule has 1 aliphatic heterocycles. The van der Waals surface area contributed by atoms with Gasteiger partial charge in [0.05, 0.1) is 6.54 Å². The van der Waals surface area contributed by atoms with Crippen molar-refractivity contribution < 1.29 is 5.73 Å². The molecule has 1 heterocycles. The van der Waals surface area contributed by atoms with Gasteiger partial charge in [0.15, 0.2) is 0 Å². The molecule has 1 aliphatic rings. The van der Waals surface area contributed by atoms with E-state index in [1.54, 1.807) is 0 Å². The lowest BCUT2D eigenvalue weighted by molar-refractivity contribution is -0.368. The van der Waals surface area contributed by atoms with Crippen molar-refractivity contribution in [3.05, 3.63) is 0 Å².